The van der Waals surface area contributed by atoms with Crippen molar-refractivity contribution < 1.29 is 23.8 Å². The van der Waals surface area contributed by atoms with Crippen LogP contribution in [-0.2, 0) is 9.53 Å². The second kappa shape index (κ2) is 7.92. The van der Waals surface area contributed by atoms with Crippen LogP contribution in [0.5, 0.6) is 11.5 Å². The van der Waals surface area contributed by atoms with Gasteiger partial charge in [0.05, 0.1) is 23.8 Å². The zero-order chi connectivity index (χ0) is 21.8. The average molecular weight is 442 g/mol. The van der Waals surface area contributed by atoms with Gasteiger partial charge in [-0.2, -0.15) is 0 Å². The van der Waals surface area contributed by atoms with E-state index >= 15 is 0 Å². The highest BCUT2D eigenvalue weighted by Gasteiger charge is 2.56. The molecule has 5 aliphatic rings. The number of hydrogen-bond donors (Lipinski definition) is 1. The molecule has 3 aliphatic heterocycles. The third-order valence-electron chi connectivity index (χ3n) is 8.22. The van der Waals surface area contributed by atoms with E-state index in [9.17, 15) is 9.59 Å². The summed E-state index contributed by atoms with van der Waals surface area (Å²) in [6.45, 7) is 0.731. The zero-order valence-electron chi connectivity index (χ0n) is 18.5. The number of carbonyl (C=O) groups is 2. The number of nitrogens with one attached hydrogen (secondary N) is 1. The largest absolute Gasteiger partial charge is 0.454 e. The minimum absolute atomic E-state index is 0.0624. The van der Waals surface area contributed by atoms with Crippen LogP contribution in [0.2, 0.25) is 0 Å². The van der Waals surface area contributed by atoms with Crippen molar-refractivity contribution in [1.29, 1.82) is 0 Å². The molecule has 32 heavy (non-hydrogen) atoms. The summed E-state index contributed by atoms with van der Waals surface area (Å²) in [7, 11) is 1.77. The number of anilines is 1. The Morgan fingerprint density at radius 2 is 1.84 bits per heavy atom. The SMILES string of the molecule is COC1CCCC2C1NCC1C(=O)N(c3ccc4c(c3)OCO4)C(=O)N(C3CCCC3)C12. The van der Waals surface area contributed by atoms with Gasteiger partial charge in [0.25, 0.3) is 0 Å². The second-order valence-corrected chi connectivity index (χ2v) is 9.74. The lowest BCUT2D eigenvalue weighted by molar-refractivity contribution is -0.131. The molecule has 8 heteroatoms. The number of hydrogen-bond acceptors (Lipinski definition) is 6. The summed E-state index contributed by atoms with van der Waals surface area (Å²) in [5, 5.41) is 3.64. The van der Waals surface area contributed by atoms with Crippen molar-refractivity contribution in [3.8, 4) is 11.5 Å². The van der Waals surface area contributed by atoms with Crippen molar-refractivity contribution in [2.24, 2.45) is 11.8 Å². The third-order valence-corrected chi connectivity index (χ3v) is 8.22. The molecule has 0 spiro atoms. The van der Waals surface area contributed by atoms with Gasteiger partial charge in [0.1, 0.15) is 0 Å². The number of amides is 3. The smallest absolute Gasteiger partial charge is 0.331 e. The van der Waals surface area contributed by atoms with Gasteiger partial charge in [-0.1, -0.05) is 19.3 Å². The molecule has 2 saturated carbocycles. The van der Waals surface area contributed by atoms with Crippen molar-refractivity contribution >= 4 is 17.6 Å². The Kier molecular flexibility index (Phi) is 5.02. The van der Waals surface area contributed by atoms with Gasteiger partial charge in [0.15, 0.2) is 11.5 Å². The molecule has 4 fully saturated rings. The fourth-order valence-electron chi connectivity index (χ4n) is 6.78. The minimum atomic E-state index is -0.254. The number of benzene rings is 1. The van der Waals surface area contributed by atoms with Crippen LogP contribution in [0, 0.1) is 11.8 Å². The van der Waals surface area contributed by atoms with Crippen LogP contribution in [0.15, 0.2) is 18.2 Å². The van der Waals surface area contributed by atoms with Crippen LogP contribution in [0.3, 0.4) is 0 Å². The topological polar surface area (TPSA) is 80.3 Å². The van der Waals surface area contributed by atoms with Gasteiger partial charge in [-0.3, -0.25) is 4.79 Å². The Balaban J connectivity index is 1.39. The van der Waals surface area contributed by atoms with Gasteiger partial charge < -0.3 is 24.4 Å². The Labute approximate surface area is 188 Å². The molecule has 1 aromatic rings. The van der Waals surface area contributed by atoms with Gasteiger partial charge in [-0.15, -0.1) is 0 Å². The summed E-state index contributed by atoms with van der Waals surface area (Å²) in [6.07, 6.45) is 7.54. The van der Waals surface area contributed by atoms with Gasteiger partial charge in [0.2, 0.25) is 12.7 Å². The highest BCUT2D eigenvalue weighted by Crippen LogP contribution is 2.45. The van der Waals surface area contributed by atoms with Crippen LogP contribution in [-0.4, -0.2) is 61.5 Å². The van der Waals surface area contributed by atoms with Gasteiger partial charge >= 0.3 is 6.03 Å². The molecule has 0 radical (unpaired) electrons. The van der Waals surface area contributed by atoms with E-state index in [1.54, 1.807) is 25.3 Å². The normalized spacial score (nSPS) is 34.6. The number of methoxy groups -OCH3 is 1. The van der Waals surface area contributed by atoms with Crippen LogP contribution >= 0.6 is 0 Å². The predicted octanol–water partition coefficient (Wildman–Crippen LogP) is 2.90. The first-order chi connectivity index (χ1) is 15.7. The number of piperidine rings is 1. The third kappa shape index (κ3) is 3.03. The van der Waals surface area contributed by atoms with E-state index in [0.717, 1.165) is 44.9 Å². The molecule has 5 atom stereocenters. The number of carbonyl (C=O) groups excluding carboxylic acids is 2. The maximum absolute atomic E-state index is 14.0. The fourth-order valence-corrected chi connectivity index (χ4v) is 6.78. The molecular weight excluding hydrogens is 410 g/mol. The lowest BCUT2D eigenvalue weighted by Crippen LogP contribution is -2.73. The Morgan fingerprint density at radius 3 is 2.66 bits per heavy atom. The van der Waals surface area contributed by atoms with E-state index in [1.165, 1.54) is 4.90 Å². The molecule has 2 saturated heterocycles. The Hall–Kier alpha value is -2.32. The molecule has 2 aliphatic carbocycles. The van der Waals surface area contributed by atoms with Gasteiger partial charge in [-0.25, -0.2) is 9.69 Å². The second-order valence-electron chi connectivity index (χ2n) is 9.74. The lowest BCUT2D eigenvalue weighted by atomic mass is 9.69. The molecule has 3 amide bonds. The number of urea groups is 1. The molecule has 0 bridgehead atoms. The lowest BCUT2D eigenvalue weighted by Gasteiger charge is -2.56. The van der Waals surface area contributed by atoms with E-state index in [2.05, 4.69) is 10.2 Å². The molecular formula is C24H31N3O5. The molecule has 172 valence electrons. The maximum Gasteiger partial charge on any atom is 0.331 e. The van der Waals surface area contributed by atoms with Crippen LogP contribution in [0.4, 0.5) is 10.5 Å². The molecule has 0 aromatic heterocycles. The zero-order valence-corrected chi connectivity index (χ0v) is 18.5. The summed E-state index contributed by atoms with van der Waals surface area (Å²) in [4.78, 5) is 31.3. The standard InChI is InChI=1S/C24H31N3O5/c1-30-19-8-4-7-16-21(19)25-12-17-22(16)26(14-5-2-3-6-14)24(29)27(23(17)28)15-9-10-18-20(11-15)32-13-31-18/h9-11,14,16-17,19,21-22,25H,2-8,12-13H2,1H3. The van der Waals surface area contributed by atoms with Crippen molar-refractivity contribution in [2.75, 3.05) is 25.3 Å². The van der Waals surface area contributed by atoms with Crippen LogP contribution in [0.25, 0.3) is 0 Å². The Bertz CT molecular complexity index is 917. The summed E-state index contributed by atoms with van der Waals surface area (Å²) >= 11 is 0. The maximum atomic E-state index is 14.0. The number of nitrogens with zero attached hydrogens (tertiary/aromatic N) is 2. The number of imide groups is 1. The molecule has 5 unspecified atom stereocenters. The van der Waals surface area contributed by atoms with E-state index in [1.807, 2.05) is 0 Å². The van der Waals surface area contributed by atoms with Gasteiger partial charge in [-0.05, 0) is 43.7 Å². The van der Waals surface area contributed by atoms with Crippen LogP contribution < -0.4 is 19.7 Å². The monoisotopic (exact) mass is 441 g/mol. The molecule has 1 N–H and O–H groups in total. The van der Waals surface area contributed by atoms with Crippen LogP contribution in [0.1, 0.15) is 44.9 Å². The van der Waals surface area contributed by atoms with Crippen molar-refractivity contribution in [1.82, 2.24) is 10.2 Å². The van der Waals surface area contributed by atoms with E-state index < -0.39 is 0 Å². The quantitative estimate of drug-likeness (QED) is 0.777. The highest BCUT2D eigenvalue weighted by molar-refractivity contribution is 6.17. The summed E-state index contributed by atoms with van der Waals surface area (Å²) in [6, 6.07) is 5.47. The minimum Gasteiger partial charge on any atom is -0.454 e. The summed E-state index contributed by atoms with van der Waals surface area (Å²) in [5.41, 5.74) is 0.561. The Morgan fingerprint density at radius 1 is 1.03 bits per heavy atom. The fraction of sp³-hybridized carbons (Fsp3) is 0.667. The van der Waals surface area contributed by atoms with E-state index in [0.29, 0.717) is 23.7 Å². The number of rotatable bonds is 3. The molecule has 1 aromatic carbocycles. The van der Waals surface area contributed by atoms with Crippen molar-refractivity contribution in [3.63, 3.8) is 0 Å². The van der Waals surface area contributed by atoms with Crippen molar-refractivity contribution in [3.05, 3.63) is 18.2 Å². The first kappa shape index (κ1) is 20.3. The first-order valence-electron chi connectivity index (χ1n) is 12.0. The van der Waals surface area contributed by atoms with E-state index in [4.69, 9.17) is 14.2 Å². The van der Waals surface area contributed by atoms with Crippen molar-refractivity contribution in [2.45, 2.75) is 69.2 Å². The molecule has 3 heterocycles. The van der Waals surface area contributed by atoms with E-state index in [-0.39, 0.29) is 54.8 Å². The molecule has 6 rings (SSSR count). The summed E-state index contributed by atoms with van der Waals surface area (Å²) in [5.74, 6) is 1.09. The first-order valence-corrected chi connectivity index (χ1v) is 12.0. The van der Waals surface area contributed by atoms with Gasteiger partial charge in [0, 0.05) is 31.8 Å². The summed E-state index contributed by atoms with van der Waals surface area (Å²) < 4.78 is 16.7. The molecule has 8 nitrogen and oxygen atoms in total. The highest BCUT2D eigenvalue weighted by atomic mass is 16.7. The number of fused-ring (bicyclic) bond motifs is 4. The average Bonchev–Trinajstić information content (AvgIpc) is 3.50. The predicted molar refractivity (Wildman–Crippen MR) is 117 cm³/mol. The number of ether oxygens (including phenoxy) is 3.